The zero-order valence-electron chi connectivity index (χ0n) is 14.0. The molecule has 2 unspecified atom stereocenters. The van der Waals surface area contributed by atoms with Crippen LogP contribution in [0.25, 0.3) is 10.2 Å². The van der Waals surface area contributed by atoms with Crippen LogP contribution in [0.15, 0.2) is 9.95 Å². The number of fused-ring (bicyclic) bond motifs is 1. The van der Waals surface area contributed by atoms with Gasteiger partial charge in [-0.3, -0.25) is 4.79 Å². The fraction of sp³-hybridized carbons (Fsp3) is 0.647. The van der Waals surface area contributed by atoms with E-state index in [1.165, 1.54) is 10.4 Å². The summed E-state index contributed by atoms with van der Waals surface area (Å²) in [5, 5.41) is 1.52. The Bertz CT molecular complexity index is 732. The molecule has 126 valence electrons. The average Bonchev–Trinajstić information content (AvgIpc) is 3.14. The number of nitrogens with zero attached hydrogens (tertiary/aromatic N) is 1. The van der Waals surface area contributed by atoms with E-state index in [1.54, 1.807) is 23.1 Å². The average molecular weight is 353 g/mol. The highest BCUT2D eigenvalue weighted by Gasteiger charge is 2.19. The van der Waals surface area contributed by atoms with Crippen molar-refractivity contribution in [1.82, 2.24) is 9.97 Å². The molecule has 2 aromatic rings. The van der Waals surface area contributed by atoms with Gasteiger partial charge in [0.2, 0.25) is 0 Å². The van der Waals surface area contributed by atoms with Gasteiger partial charge in [0.15, 0.2) is 5.16 Å². The van der Waals surface area contributed by atoms with Gasteiger partial charge in [-0.2, -0.15) is 0 Å². The van der Waals surface area contributed by atoms with Crippen molar-refractivity contribution in [3.05, 3.63) is 20.8 Å². The van der Waals surface area contributed by atoms with Gasteiger partial charge in [0.05, 0.1) is 11.5 Å². The van der Waals surface area contributed by atoms with Crippen LogP contribution in [0.3, 0.4) is 0 Å². The van der Waals surface area contributed by atoms with Gasteiger partial charge in [-0.15, -0.1) is 11.3 Å². The Morgan fingerprint density at radius 2 is 2.35 bits per heavy atom. The van der Waals surface area contributed by atoms with Crippen molar-refractivity contribution in [2.45, 2.75) is 57.7 Å². The number of hydrogen-bond donors (Lipinski definition) is 1. The van der Waals surface area contributed by atoms with E-state index in [1.807, 2.05) is 0 Å². The number of aromatic nitrogens is 2. The van der Waals surface area contributed by atoms with Gasteiger partial charge < -0.3 is 9.72 Å². The maximum Gasteiger partial charge on any atom is 0.260 e. The Labute approximate surface area is 145 Å². The summed E-state index contributed by atoms with van der Waals surface area (Å²) in [6.07, 6.45) is 4.62. The molecule has 0 bridgehead atoms. The molecular weight excluding hydrogens is 328 g/mol. The number of aryl methyl sites for hydroxylation is 1. The number of thiophene rings is 1. The molecule has 2 atom stereocenters. The van der Waals surface area contributed by atoms with Gasteiger partial charge in [0, 0.05) is 17.2 Å². The zero-order valence-corrected chi connectivity index (χ0v) is 15.6. The molecule has 3 heterocycles. The number of thioether (sulfide) groups is 1. The van der Waals surface area contributed by atoms with Crippen molar-refractivity contribution < 1.29 is 4.74 Å². The molecule has 1 aliphatic rings. The molecule has 1 fully saturated rings. The Kier molecular flexibility index (Phi) is 5.44. The Balaban J connectivity index is 1.85. The molecular formula is C17H24N2O2S2. The third-order valence-corrected chi connectivity index (χ3v) is 6.57. The monoisotopic (exact) mass is 352 g/mol. The summed E-state index contributed by atoms with van der Waals surface area (Å²) in [5.41, 5.74) is 1.19. The van der Waals surface area contributed by atoms with Crippen LogP contribution in [-0.4, -0.2) is 28.4 Å². The fourth-order valence-corrected chi connectivity index (χ4v) is 4.95. The van der Waals surface area contributed by atoms with E-state index >= 15 is 0 Å². The molecule has 0 spiro atoms. The van der Waals surface area contributed by atoms with Crippen LogP contribution in [0.4, 0.5) is 0 Å². The van der Waals surface area contributed by atoms with Crippen molar-refractivity contribution in [1.29, 1.82) is 0 Å². The van der Waals surface area contributed by atoms with Gasteiger partial charge in [-0.05, 0) is 37.7 Å². The standard InChI is InChI=1S/C17H24N2O2S2/c1-4-10(2)8-13-11(3)23-16-14(13)15(20)18-17(19-16)22-9-12-6-5-7-21-12/h10,12H,4-9H2,1-3H3,(H,18,19,20). The summed E-state index contributed by atoms with van der Waals surface area (Å²) in [6, 6.07) is 0. The summed E-state index contributed by atoms with van der Waals surface area (Å²) in [7, 11) is 0. The summed E-state index contributed by atoms with van der Waals surface area (Å²) < 4.78 is 5.63. The number of aromatic amines is 1. The van der Waals surface area contributed by atoms with Crippen LogP contribution >= 0.6 is 23.1 Å². The second-order valence-electron chi connectivity index (χ2n) is 6.35. The molecule has 0 amide bonds. The topological polar surface area (TPSA) is 55.0 Å². The molecule has 1 aliphatic heterocycles. The SMILES string of the molecule is CCC(C)Cc1c(C)sc2nc(SCC3CCCO3)[nH]c(=O)c12. The van der Waals surface area contributed by atoms with Crippen LogP contribution in [-0.2, 0) is 11.2 Å². The number of hydrogen-bond acceptors (Lipinski definition) is 5. The van der Waals surface area contributed by atoms with Gasteiger partial charge in [-0.1, -0.05) is 32.0 Å². The third-order valence-electron chi connectivity index (χ3n) is 4.52. The van der Waals surface area contributed by atoms with Crippen LogP contribution in [0.5, 0.6) is 0 Å². The third kappa shape index (κ3) is 3.80. The highest BCUT2D eigenvalue weighted by atomic mass is 32.2. The summed E-state index contributed by atoms with van der Waals surface area (Å²) in [6.45, 7) is 7.38. The van der Waals surface area contributed by atoms with Gasteiger partial charge in [0.1, 0.15) is 4.83 Å². The highest BCUT2D eigenvalue weighted by Crippen LogP contribution is 2.31. The maximum atomic E-state index is 12.6. The summed E-state index contributed by atoms with van der Waals surface area (Å²) in [5.74, 6) is 1.44. The molecule has 0 saturated carbocycles. The molecule has 4 nitrogen and oxygen atoms in total. The Morgan fingerprint density at radius 1 is 1.52 bits per heavy atom. The number of H-pyrrole nitrogens is 1. The molecule has 2 aromatic heterocycles. The Hall–Kier alpha value is -0.850. The second-order valence-corrected chi connectivity index (χ2v) is 8.56. The minimum absolute atomic E-state index is 0.00694. The second kappa shape index (κ2) is 7.36. The minimum Gasteiger partial charge on any atom is -0.377 e. The first-order chi connectivity index (χ1) is 11.1. The summed E-state index contributed by atoms with van der Waals surface area (Å²) >= 11 is 3.24. The molecule has 0 aromatic carbocycles. The smallest absolute Gasteiger partial charge is 0.260 e. The molecule has 1 N–H and O–H groups in total. The van der Waals surface area contributed by atoms with E-state index in [2.05, 4.69) is 30.7 Å². The maximum absolute atomic E-state index is 12.6. The van der Waals surface area contributed by atoms with Crippen molar-refractivity contribution >= 4 is 33.3 Å². The normalized spacial score (nSPS) is 19.5. The van der Waals surface area contributed by atoms with E-state index in [0.29, 0.717) is 17.2 Å². The van der Waals surface area contributed by atoms with E-state index in [-0.39, 0.29) is 5.56 Å². The van der Waals surface area contributed by atoms with Crippen LogP contribution in [0.1, 0.15) is 43.6 Å². The van der Waals surface area contributed by atoms with Crippen molar-refractivity contribution in [3.8, 4) is 0 Å². The van der Waals surface area contributed by atoms with E-state index in [0.717, 1.165) is 48.3 Å². The lowest BCUT2D eigenvalue weighted by atomic mass is 9.98. The first-order valence-electron chi connectivity index (χ1n) is 8.35. The molecule has 1 saturated heterocycles. The van der Waals surface area contributed by atoms with Crippen molar-refractivity contribution in [2.24, 2.45) is 5.92 Å². The molecule has 23 heavy (non-hydrogen) atoms. The lowest BCUT2D eigenvalue weighted by Crippen LogP contribution is -2.13. The van der Waals surface area contributed by atoms with Crippen molar-refractivity contribution in [2.75, 3.05) is 12.4 Å². The van der Waals surface area contributed by atoms with Crippen LogP contribution in [0.2, 0.25) is 0 Å². The molecule has 3 rings (SSSR count). The lowest BCUT2D eigenvalue weighted by molar-refractivity contribution is 0.129. The van der Waals surface area contributed by atoms with Crippen LogP contribution in [0, 0.1) is 12.8 Å². The van der Waals surface area contributed by atoms with Gasteiger partial charge >= 0.3 is 0 Å². The fourth-order valence-electron chi connectivity index (χ4n) is 2.91. The first-order valence-corrected chi connectivity index (χ1v) is 10.1. The Morgan fingerprint density at radius 3 is 3.04 bits per heavy atom. The predicted molar refractivity (Wildman–Crippen MR) is 97.8 cm³/mol. The van der Waals surface area contributed by atoms with E-state index < -0.39 is 0 Å². The number of nitrogens with one attached hydrogen (secondary N) is 1. The predicted octanol–water partition coefficient (Wildman–Crippen LogP) is 4.15. The summed E-state index contributed by atoms with van der Waals surface area (Å²) in [4.78, 5) is 22.3. The van der Waals surface area contributed by atoms with E-state index in [4.69, 9.17) is 4.74 Å². The lowest BCUT2D eigenvalue weighted by Gasteiger charge is -2.09. The number of rotatable bonds is 6. The quantitative estimate of drug-likeness (QED) is 0.627. The van der Waals surface area contributed by atoms with Crippen LogP contribution < -0.4 is 5.56 Å². The largest absolute Gasteiger partial charge is 0.377 e. The van der Waals surface area contributed by atoms with Gasteiger partial charge in [0.25, 0.3) is 5.56 Å². The highest BCUT2D eigenvalue weighted by molar-refractivity contribution is 7.99. The zero-order chi connectivity index (χ0) is 16.4. The minimum atomic E-state index is 0.00694. The van der Waals surface area contributed by atoms with Crippen molar-refractivity contribution in [3.63, 3.8) is 0 Å². The molecule has 6 heteroatoms. The first kappa shape index (κ1) is 17.0. The molecule has 0 aliphatic carbocycles. The van der Waals surface area contributed by atoms with Gasteiger partial charge in [-0.25, -0.2) is 4.98 Å². The number of ether oxygens (including phenoxy) is 1. The van der Waals surface area contributed by atoms with E-state index in [9.17, 15) is 4.79 Å². The molecule has 0 radical (unpaired) electrons.